The Morgan fingerprint density at radius 2 is 1.95 bits per heavy atom. The minimum absolute atomic E-state index is 0.646. The summed E-state index contributed by atoms with van der Waals surface area (Å²) in [6.07, 6.45) is 0. The number of benzene rings is 2. The van der Waals surface area contributed by atoms with Gasteiger partial charge in [0.25, 0.3) is 0 Å². The molecule has 0 unspecified atom stereocenters. The molecule has 0 fully saturated rings. The van der Waals surface area contributed by atoms with Crippen LogP contribution in [0.5, 0.6) is 0 Å². The molecule has 1 N–H and O–H groups in total. The van der Waals surface area contributed by atoms with Gasteiger partial charge in [-0.2, -0.15) is 5.26 Å². The van der Waals surface area contributed by atoms with Crippen molar-refractivity contribution in [2.45, 2.75) is 0 Å². The molecule has 0 aliphatic rings. The highest BCUT2D eigenvalue weighted by molar-refractivity contribution is 5.80. The van der Waals surface area contributed by atoms with E-state index in [1.54, 1.807) is 0 Å². The zero-order chi connectivity index (χ0) is 14.1. The molecule has 3 rings (SSSR count). The Morgan fingerprint density at radius 1 is 1.15 bits per heavy atom. The van der Waals surface area contributed by atoms with Crippen molar-refractivity contribution in [3.8, 4) is 17.5 Å². The lowest BCUT2D eigenvalue weighted by atomic mass is 10.1. The Labute approximate surface area is 117 Å². The van der Waals surface area contributed by atoms with Crippen LogP contribution in [0.3, 0.4) is 0 Å². The van der Waals surface area contributed by atoms with E-state index < -0.39 is 0 Å². The molecule has 0 atom stereocenters. The number of H-pyrrole nitrogens is 1. The Balaban J connectivity index is 2.12. The number of hydrogen-bond acceptors (Lipinski definition) is 3. The van der Waals surface area contributed by atoms with E-state index in [1.165, 1.54) is 0 Å². The van der Waals surface area contributed by atoms with Gasteiger partial charge in [-0.05, 0) is 30.3 Å². The quantitative estimate of drug-likeness (QED) is 0.771. The Bertz CT molecular complexity index is 776. The average molecular weight is 262 g/mol. The van der Waals surface area contributed by atoms with E-state index in [4.69, 9.17) is 0 Å². The van der Waals surface area contributed by atoms with Crippen LogP contribution in [-0.2, 0) is 0 Å². The summed E-state index contributed by atoms with van der Waals surface area (Å²) in [5, 5.41) is 9.27. The number of aromatic nitrogens is 2. The topological polar surface area (TPSA) is 55.7 Å². The molecule has 2 aromatic carbocycles. The molecule has 0 bridgehead atoms. The van der Waals surface area contributed by atoms with Gasteiger partial charge in [0, 0.05) is 19.7 Å². The Kier molecular flexibility index (Phi) is 2.88. The largest absolute Gasteiger partial charge is 0.377 e. The summed E-state index contributed by atoms with van der Waals surface area (Å²) in [6, 6.07) is 15.9. The second-order valence-electron chi connectivity index (χ2n) is 4.84. The standard InChI is InChI=1S/C16H14N4/c1-20(2)15-8-7-11(9-12(15)10-17)16-18-13-5-3-4-6-14(13)19-16/h3-9H,1-2H3,(H,18,19). The van der Waals surface area contributed by atoms with Crippen molar-refractivity contribution in [2.75, 3.05) is 19.0 Å². The predicted molar refractivity (Wildman–Crippen MR) is 80.6 cm³/mol. The molecule has 3 aromatic rings. The minimum Gasteiger partial charge on any atom is -0.377 e. The van der Waals surface area contributed by atoms with E-state index in [-0.39, 0.29) is 0 Å². The third-order valence-electron chi connectivity index (χ3n) is 3.26. The van der Waals surface area contributed by atoms with Gasteiger partial charge in [-0.1, -0.05) is 12.1 Å². The number of hydrogen-bond donors (Lipinski definition) is 1. The summed E-state index contributed by atoms with van der Waals surface area (Å²) in [4.78, 5) is 9.76. The van der Waals surface area contributed by atoms with Crippen molar-refractivity contribution in [1.29, 1.82) is 5.26 Å². The fraction of sp³-hybridized carbons (Fsp3) is 0.125. The first-order valence-electron chi connectivity index (χ1n) is 6.35. The zero-order valence-electron chi connectivity index (χ0n) is 11.4. The van der Waals surface area contributed by atoms with E-state index in [1.807, 2.05) is 61.5 Å². The van der Waals surface area contributed by atoms with Gasteiger partial charge in [-0.25, -0.2) is 4.98 Å². The fourth-order valence-electron chi connectivity index (χ4n) is 2.25. The van der Waals surface area contributed by atoms with Crippen molar-refractivity contribution >= 4 is 16.7 Å². The first-order chi connectivity index (χ1) is 9.69. The molecule has 1 heterocycles. The first-order valence-corrected chi connectivity index (χ1v) is 6.35. The molecule has 20 heavy (non-hydrogen) atoms. The van der Waals surface area contributed by atoms with E-state index in [0.717, 1.165) is 28.1 Å². The zero-order valence-corrected chi connectivity index (χ0v) is 11.4. The molecule has 1 aromatic heterocycles. The lowest BCUT2D eigenvalue weighted by Gasteiger charge is -2.14. The highest BCUT2D eigenvalue weighted by Gasteiger charge is 2.09. The van der Waals surface area contributed by atoms with Crippen LogP contribution in [0.2, 0.25) is 0 Å². The normalized spacial score (nSPS) is 10.4. The van der Waals surface area contributed by atoms with Crippen LogP contribution in [0.4, 0.5) is 5.69 Å². The fourth-order valence-corrected chi connectivity index (χ4v) is 2.25. The summed E-state index contributed by atoms with van der Waals surface area (Å²) < 4.78 is 0. The molecule has 0 aliphatic carbocycles. The van der Waals surface area contributed by atoms with Gasteiger partial charge < -0.3 is 9.88 Å². The van der Waals surface area contributed by atoms with Gasteiger partial charge in [0.2, 0.25) is 0 Å². The number of nitrogens with one attached hydrogen (secondary N) is 1. The molecule has 4 nitrogen and oxygen atoms in total. The molecule has 0 aliphatic heterocycles. The van der Waals surface area contributed by atoms with Crippen LogP contribution in [0.25, 0.3) is 22.4 Å². The predicted octanol–water partition coefficient (Wildman–Crippen LogP) is 3.17. The molecule has 0 amide bonds. The number of aromatic amines is 1. The third-order valence-corrected chi connectivity index (χ3v) is 3.26. The van der Waals surface area contributed by atoms with Crippen molar-refractivity contribution in [3.05, 3.63) is 48.0 Å². The van der Waals surface area contributed by atoms with Crippen molar-refractivity contribution < 1.29 is 0 Å². The van der Waals surface area contributed by atoms with Crippen molar-refractivity contribution in [2.24, 2.45) is 0 Å². The van der Waals surface area contributed by atoms with Crippen molar-refractivity contribution in [1.82, 2.24) is 9.97 Å². The third kappa shape index (κ3) is 1.99. The van der Waals surface area contributed by atoms with Crippen LogP contribution in [0.1, 0.15) is 5.56 Å². The Hall–Kier alpha value is -2.80. The molecule has 98 valence electrons. The van der Waals surface area contributed by atoms with Gasteiger partial charge >= 0.3 is 0 Å². The lowest BCUT2D eigenvalue weighted by Crippen LogP contribution is -2.10. The second-order valence-corrected chi connectivity index (χ2v) is 4.84. The molecule has 0 saturated heterocycles. The van der Waals surface area contributed by atoms with Crippen LogP contribution < -0.4 is 4.90 Å². The maximum atomic E-state index is 9.27. The van der Waals surface area contributed by atoms with Crippen LogP contribution in [-0.4, -0.2) is 24.1 Å². The number of imidazole rings is 1. The van der Waals surface area contributed by atoms with Crippen LogP contribution in [0, 0.1) is 11.3 Å². The molecule has 0 spiro atoms. The molecular weight excluding hydrogens is 248 g/mol. The summed E-state index contributed by atoms with van der Waals surface area (Å²) >= 11 is 0. The van der Waals surface area contributed by atoms with E-state index in [2.05, 4.69) is 16.0 Å². The number of nitrogens with zero attached hydrogens (tertiary/aromatic N) is 3. The van der Waals surface area contributed by atoms with Gasteiger partial charge in [-0.15, -0.1) is 0 Å². The van der Waals surface area contributed by atoms with E-state index in [0.29, 0.717) is 5.56 Å². The number of para-hydroxylation sites is 2. The highest BCUT2D eigenvalue weighted by Crippen LogP contribution is 2.26. The average Bonchev–Trinajstić information content (AvgIpc) is 2.90. The van der Waals surface area contributed by atoms with Gasteiger partial charge in [0.15, 0.2) is 0 Å². The molecular formula is C16H14N4. The summed E-state index contributed by atoms with van der Waals surface area (Å²) in [5.41, 5.74) is 4.40. The molecule has 4 heteroatoms. The number of anilines is 1. The smallest absolute Gasteiger partial charge is 0.138 e. The summed E-state index contributed by atoms with van der Waals surface area (Å²) in [5.74, 6) is 0.785. The Morgan fingerprint density at radius 3 is 2.65 bits per heavy atom. The van der Waals surface area contributed by atoms with Crippen LogP contribution in [0.15, 0.2) is 42.5 Å². The monoisotopic (exact) mass is 262 g/mol. The number of rotatable bonds is 2. The SMILES string of the molecule is CN(C)c1ccc(-c2nc3ccccc3[nH]2)cc1C#N. The molecule has 0 saturated carbocycles. The minimum atomic E-state index is 0.646. The van der Waals surface area contributed by atoms with Crippen molar-refractivity contribution in [3.63, 3.8) is 0 Å². The van der Waals surface area contributed by atoms with E-state index in [9.17, 15) is 5.26 Å². The van der Waals surface area contributed by atoms with Gasteiger partial charge in [0.05, 0.1) is 22.3 Å². The number of fused-ring (bicyclic) bond motifs is 1. The highest BCUT2D eigenvalue weighted by atomic mass is 15.1. The second kappa shape index (κ2) is 4.71. The lowest BCUT2D eigenvalue weighted by molar-refractivity contribution is 1.12. The maximum Gasteiger partial charge on any atom is 0.138 e. The first kappa shape index (κ1) is 12.2. The van der Waals surface area contributed by atoms with Crippen LogP contribution >= 0.6 is 0 Å². The number of nitriles is 1. The van der Waals surface area contributed by atoms with Gasteiger partial charge in [0.1, 0.15) is 11.9 Å². The van der Waals surface area contributed by atoms with Gasteiger partial charge in [-0.3, -0.25) is 0 Å². The molecule has 0 radical (unpaired) electrons. The maximum absolute atomic E-state index is 9.27. The summed E-state index contributed by atoms with van der Waals surface area (Å²) in [6.45, 7) is 0. The summed E-state index contributed by atoms with van der Waals surface area (Å²) in [7, 11) is 3.86. The van der Waals surface area contributed by atoms with E-state index >= 15 is 0 Å².